The van der Waals surface area contributed by atoms with E-state index in [1.165, 1.54) is 0 Å². The molecule has 0 aliphatic carbocycles. The van der Waals surface area contributed by atoms with Crippen molar-refractivity contribution in [2.45, 2.75) is 52.2 Å². The number of hydrogen-bond acceptors (Lipinski definition) is 4. The van der Waals surface area contributed by atoms with Gasteiger partial charge < -0.3 is 19.9 Å². The van der Waals surface area contributed by atoms with Crippen LogP contribution in [0.4, 0.5) is 0 Å². The average Bonchev–Trinajstić information content (AvgIpc) is 3.32. The van der Waals surface area contributed by atoms with E-state index in [4.69, 9.17) is 9.72 Å². The summed E-state index contributed by atoms with van der Waals surface area (Å²) in [6.07, 6.45) is 2.90. The highest BCUT2D eigenvalue weighted by Gasteiger charge is 2.23. The molecule has 1 aliphatic rings. The van der Waals surface area contributed by atoms with Gasteiger partial charge in [0.2, 0.25) is 11.8 Å². The Kier molecular flexibility index (Phi) is 7.03. The summed E-state index contributed by atoms with van der Waals surface area (Å²) < 4.78 is 7.38. The molecule has 2 N–H and O–H groups in total. The highest BCUT2D eigenvalue weighted by molar-refractivity contribution is 5.81. The monoisotopic (exact) mass is 386 g/mol. The Bertz CT molecular complexity index is 809. The number of para-hydroxylation sites is 2. The third-order valence-corrected chi connectivity index (χ3v) is 4.84. The fraction of sp³-hybridized carbons (Fsp3) is 0.571. The van der Waals surface area contributed by atoms with E-state index in [0.29, 0.717) is 32.0 Å². The highest BCUT2D eigenvalue weighted by atomic mass is 16.5. The summed E-state index contributed by atoms with van der Waals surface area (Å²) in [7, 11) is 0. The number of aromatic nitrogens is 2. The normalized spacial score (nSPS) is 16.6. The van der Waals surface area contributed by atoms with Crippen LogP contribution in [0.2, 0.25) is 0 Å². The van der Waals surface area contributed by atoms with Gasteiger partial charge in [-0.05, 0) is 37.3 Å². The summed E-state index contributed by atoms with van der Waals surface area (Å²) in [5.41, 5.74) is 1.85. The van der Waals surface area contributed by atoms with E-state index >= 15 is 0 Å². The van der Waals surface area contributed by atoms with Gasteiger partial charge in [-0.1, -0.05) is 26.0 Å². The molecule has 1 aliphatic heterocycles. The second-order valence-corrected chi connectivity index (χ2v) is 7.70. The zero-order valence-electron chi connectivity index (χ0n) is 16.7. The molecular weight excluding hydrogens is 356 g/mol. The predicted octanol–water partition coefficient (Wildman–Crippen LogP) is 2.04. The van der Waals surface area contributed by atoms with E-state index in [1.807, 2.05) is 28.8 Å². The third-order valence-electron chi connectivity index (χ3n) is 4.84. The standard InChI is InChI=1S/C21H30N4O3/c1-15(2)13-23-20(26)14-25-17-8-4-3-7-16(17)24-19(25)10-5-11-22-21(27)18-9-6-12-28-18/h3-4,7-8,15,18H,5-6,9-14H2,1-2H3,(H,22,27)(H,23,26). The van der Waals surface area contributed by atoms with Gasteiger partial charge in [0.1, 0.15) is 18.5 Å². The van der Waals surface area contributed by atoms with Gasteiger partial charge in [-0.2, -0.15) is 0 Å². The van der Waals surface area contributed by atoms with Crippen molar-refractivity contribution in [3.05, 3.63) is 30.1 Å². The number of fused-ring (bicyclic) bond motifs is 1. The Morgan fingerprint density at radius 3 is 2.86 bits per heavy atom. The third kappa shape index (κ3) is 5.32. The lowest BCUT2D eigenvalue weighted by Crippen LogP contribution is -2.35. The first-order valence-corrected chi connectivity index (χ1v) is 10.1. The molecule has 2 amide bonds. The minimum Gasteiger partial charge on any atom is -0.368 e. The van der Waals surface area contributed by atoms with Gasteiger partial charge in [0.05, 0.1) is 11.0 Å². The van der Waals surface area contributed by atoms with Crippen molar-refractivity contribution in [1.29, 1.82) is 0 Å². The van der Waals surface area contributed by atoms with Crippen LogP contribution in [0.15, 0.2) is 24.3 Å². The molecule has 7 heteroatoms. The SMILES string of the molecule is CC(C)CNC(=O)Cn1c(CCCNC(=O)C2CCCO2)nc2ccccc21. The molecule has 1 aromatic heterocycles. The van der Waals surface area contributed by atoms with Crippen LogP contribution >= 0.6 is 0 Å². The number of nitrogens with zero attached hydrogens (tertiary/aromatic N) is 2. The summed E-state index contributed by atoms with van der Waals surface area (Å²) in [6.45, 7) is 6.30. The number of carbonyl (C=O) groups excluding carboxylic acids is 2. The van der Waals surface area contributed by atoms with Crippen LogP contribution in [0.25, 0.3) is 11.0 Å². The molecule has 0 radical (unpaired) electrons. The number of imidazole rings is 1. The molecule has 3 rings (SSSR count). The largest absolute Gasteiger partial charge is 0.368 e. The molecule has 1 aromatic carbocycles. The summed E-state index contributed by atoms with van der Waals surface area (Å²) >= 11 is 0. The number of hydrogen-bond donors (Lipinski definition) is 2. The van der Waals surface area contributed by atoms with Gasteiger partial charge >= 0.3 is 0 Å². The van der Waals surface area contributed by atoms with E-state index in [0.717, 1.165) is 36.1 Å². The summed E-state index contributed by atoms with van der Waals surface area (Å²) in [6, 6.07) is 7.85. The number of rotatable bonds is 9. The van der Waals surface area contributed by atoms with Crippen molar-refractivity contribution in [3.8, 4) is 0 Å². The first-order valence-electron chi connectivity index (χ1n) is 10.1. The number of carbonyl (C=O) groups is 2. The van der Waals surface area contributed by atoms with Crippen molar-refractivity contribution in [2.75, 3.05) is 19.7 Å². The maximum Gasteiger partial charge on any atom is 0.249 e. The topological polar surface area (TPSA) is 85.2 Å². The Labute approximate surface area is 165 Å². The van der Waals surface area contributed by atoms with Gasteiger partial charge in [0.25, 0.3) is 0 Å². The van der Waals surface area contributed by atoms with Crippen LogP contribution in [0.5, 0.6) is 0 Å². The Hall–Kier alpha value is -2.41. The Morgan fingerprint density at radius 2 is 2.11 bits per heavy atom. The van der Waals surface area contributed by atoms with E-state index in [-0.39, 0.29) is 24.5 Å². The van der Waals surface area contributed by atoms with E-state index < -0.39 is 0 Å². The van der Waals surface area contributed by atoms with Crippen molar-refractivity contribution < 1.29 is 14.3 Å². The number of ether oxygens (including phenoxy) is 1. The lowest BCUT2D eigenvalue weighted by molar-refractivity contribution is -0.130. The molecule has 152 valence electrons. The minimum atomic E-state index is -0.297. The molecule has 0 saturated carbocycles. The summed E-state index contributed by atoms with van der Waals surface area (Å²) in [4.78, 5) is 29.1. The second kappa shape index (κ2) is 9.68. The molecule has 1 fully saturated rings. The van der Waals surface area contributed by atoms with Crippen LogP contribution in [0.1, 0.15) is 38.9 Å². The summed E-state index contributed by atoms with van der Waals surface area (Å²) in [5.74, 6) is 1.24. The van der Waals surface area contributed by atoms with Crippen molar-refractivity contribution >= 4 is 22.8 Å². The second-order valence-electron chi connectivity index (χ2n) is 7.70. The molecule has 0 spiro atoms. The van der Waals surface area contributed by atoms with Gasteiger partial charge in [0, 0.05) is 26.1 Å². The van der Waals surface area contributed by atoms with E-state index in [9.17, 15) is 9.59 Å². The number of benzene rings is 1. The molecular formula is C21H30N4O3. The lowest BCUT2D eigenvalue weighted by atomic mass is 10.2. The van der Waals surface area contributed by atoms with Crippen molar-refractivity contribution in [3.63, 3.8) is 0 Å². The predicted molar refractivity (Wildman–Crippen MR) is 108 cm³/mol. The quantitative estimate of drug-likeness (QED) is 0.646. The Balaban J connectivity index is 1.59. The lowest BCUT2D eigenvalue weighted by Gasteiger charge is -2.12. The number of aryl methyl sites for hydroxylation is 1. The van der Waals surface area contributed by atoms with Crippen LogP contribution < -0.4 is 10.6 Å². The molecule has 1 unspecified atom stereocenters. The van der Waals surface area contributed by atoms with Gasteiger partial charge in [-0.15, -0.1) is 0 Å². The van der Waals surface area contributed by atoms with Gasteiger partial charge in [0.15, 0.2) is 0 Å². The van der Waals surface area contributed by atoms with Crippen LogP contribution in [-0.4, -0.2) is 47.2 Å². The first kappa shape index (κ1) is 20.3. The molecule has 2 aromatic rings. The molecule has 7 nitrogen and oxygen atoms in total. The minimum absolute atomic E-state index is 0.00946. The van der Waals surface area contributed by atoms with Gasteiger partial charge in [-0.3, -0.25) is 9.59 Å². The van der Waals surface area contributed by atoms with Crippen molar-refractivity contribution in [1.82, 2.24) is 20.2 Å². The molecule has 1 atom stereocenters. The fourth-order valence-electron chi connectivity index (χ4n) is 3.37. The maximum absolute atomic E-state index is 12.3. The average molecular weight is 386 g/mol. The fourth-order valence-corrected chi connectivity index (χ4v) is 3.37. The number of amides is 2. The first-order chi connectivity index (χ1) is 13.5. The highest BCUT2D eigenvalue weighted by Crippen LogP contribution is 2.17. The summed E-state index contributed by atoms with van der Waals surface area (Å²) in [5, 5.41) is 5.91. The van der Waals surface area contributed by atoms with E-state index in [2.05, 4.69) is 24.5 Å². The smallest absolute Gasteiger partial charge is 0.249 e. The zero-order chi connectivity index (χ0) is 19.9. The zero-order valence-corrected chi connectivity index (χ0v) is 16.7. The van der Waals surface area contributed by atoms with Crippen molar-refractivity contribution in [2.24, 2.45) is 5.92 Å². The number of nitrogens with one attached hydrogen (secondary N) is 2. The molecule has 2 heterocycles. The van der Waals surface area contributed by atoms with Crippen LogP contribution in [0, 0.1) is 5.92 Å². The molecule has 28 heavy (non-hydrogen) atoms. The maximum atomic E-state index is 12.3. The Morgan fingerprint density at radius 1 is 1.29 bits per heavy atom. The van der Waals surface area contributed by atoms with Crippen LogP contribution in [0.3, 0.4) is 0 Å². The van der Waals surface area contributed by atoms with Crippen LogP contribution in [-0.2, 0) is 27.3 Å². The van der Waals surface area contributed by atoms with E-state index in [1.54, 1.807) is 0 Å². The molecule has 1 saturated heterocycles. The van der Waals surface area contributed by atoms with Gasteiger partial charge in [-0.25, -0.2) is 4.98 Å². The molecule has 0 bridgehead atoms.